The topological polar surface area (TPSA) is 37.8 Å². The molecule has 0 bridgehead atoms. The highest BCUT2D eigenvalue weighted by Gasteiger charge is 2.37. The predicted octanol–water partition coefficient (Wildman–Crippen LogP) is 1.81. The summed E-state index contributed by atoms with van der Waals surface area (Å²) in [5, 5.41) is 3.41. The molecule has 0 amide bonds. The Bertz CT molecular complexity index is 397. The van der Waals surface area contributed by atoms with Crippen molar-refractivity contribution in [3.05, 3.63) is 22.8 Å². The maximum atomic E-state index is 4.78. The number of fused-ring (bicyclic) bond motifs is 1. The van der Waals surface area contributed by atoms with Gasteiger partial charge in [0.2, 0.25) is 0 Å². The third kappa shape index (κ3) is 1.63. The molecule has 0 radical (unpaired) electrons. The van der Waals surface area contributed by atoms with E-state index in [-0.39, 0.29) is 0 Å². The molecule has 3 nitrogen and oxygen atoms in total. The first-order chi connectivity index (χ1) is 7.79. The lowest BCUT2D eigenvalue weighted by Crippen LogP contribution is -2.27. The van der Waals surface area contributed by atoms with Gasteiger partial charge in [0.25, 0.3) is 0 Å². The Labute approximate surface area is 96.7 Å². The largest absolute Gasteiger partial charge is 0.312 e. The Morgan fingerprint density at radius 2 is 2.19 bits per heavy atom. The molecule has 0 saturated heterocycles. The third-order valence-electron chi connectivity index (χ3n) is 3.81. The first-order valence-corrected chi connectivity index (χ1v) is 6.39. The van der Waals surface area contributed by atoms with E-state index in [9.17, 15) is 0 Å². The van der Waals surface area contributed by atoms with Crippen molar-refractivity contribution >= 4 is 0 Å². The molecule has 16 heavy (non-hydrogen) atoms. The zero-order chi connectivity index (χ0) is 11.1. The van der Waals surface area contributed by atoms with E-state index in [0.717, 1.165) is 37.7 Å². The second-order valence-electron chi connectivity index (χ2n) is 5.05. The summed E-state index contributed by atoms with van der Waals surface area (Å²) in [6.45, 7) is 6.50. The summed E-state index contributed by atoms with van der Waals surface area (Å²) >= 11 is 0. The van der Waals surface area contributed by atoms with E-state index in [1.807, 2.05) is 0 Å². The van der Waals surface area contributed by atoms with Gasteiger partial charge in [-0.2, -0.15) is 0 Å². The van der Waals surface area contributed by atoms with Crippen molar-refractivity contribution < 1.29 is 0 Å². The maximum Gasteiger partial charge on any atom is 0.132 e. The smallest absolute Gasteiger partial charge is 0.132 e. The Balaban J connectivity index is 2.02. The van der Waals surface area contributed by atoms with Crippen molar-refractivity contribution in [3.8, 4) is 0 Å². The molecular weight excluding hydrogens is 198 g/mol. The van der Waals surface area contributed by atoms with Gasteiger partial charge in [-0.3, -0.25) is 0 Å². The van der Waals surface area contributed by atoms with Gasteiger partial charge in [0.05, 0.1) is 5.69 Å². The Morgan fingerprint density at radius 1 is 1.38 bits per heavy atom. The fourth-order valence-electron chi connectivity index (χ4n) is 2.57. The van der Waals surface area contributed by atoms with Crippen molar-refractivity contribution in [2.24, 2.45) is 5.92 Å². The molecule has 2 aliphatic rings. The van der Waals surface area contributed by atoms with Crippen LogP contribution in [-0.4, -0.2) is 16.5 Å². The number of nitrogens with one attached hydrogen (secondary N) is 1. The van der Waals surface area contributed by atoms with E-state index in [1.165, 1.54) is 23.4 Å². The first-order valence-electron chi connectivity index (χ1n) is 6.39. The summed E-state index contributed by atoms with van der Waals surface area (Å²) in [5.41, 5.74) is 3.94. The number of rotatable bonds is 2. The van der Waals surface area contributed by atoms with E-state index in [1.54, 1.807) is 0 Å². The third-order valence-corrected chi connectivity index (χ3v) is 3.81. The van der Waals surface area contributed by atoms with Crippen LogP contribution in [0.3, 0.4) is 0 Å². The molecule has 3 rings (SSSR count). The van der Waals surface area contributed by atoms with E-state index in [0.29, 0.717) is 5.92 Å². The lowest BCUT2D eigenvalue weighted by atomic mass is 10.0. The molecule has 1 aromatic heterocycles. The molecule has 3 heteroatoms. The average molecular weight is 217 g/mol. The molecule has 2 unspecified atom stereocenters. The first kappa shape index (κ1) is 10.2. The minimum atomic E-state index is 0.644. The summed E-state index contributed by atoms with van der Waals surface area (Å²) in [6, 6.07) is 0. The van der Waals surface area contributed by atoms with Crippen molar-refractivity contribution in [2.45, 2.75) is 45.6 Å². The number of hydrogen-bond donors (Lipinski definition) is 1. The minimum Gasteiger partial charge on any atom is -0.312 e. The molecule has 1 saturated carbocycles. The second kappa shape index (κ2) is 3.81. The normalized spacial score (nSPS) is 27.6. The Kier molecular flexibility index (Phi) is 2.43. The summed E-state index contributed by atoms with van der Waals surface area (Å²) in [5.74, 6) is 2.56. The molecular formula is C13H19N3. The van der Waals surface area contributed by atoms with Crippen molar-refractivity contribution in [1.29, 1.82) is 0 Å². The van der Waals surface area contributed by atoms with Crippen LogP contribution in [0.25, 0.3) is 0 Å². The SMILES string of the molecule is CCc1nc(C2CC2C)nc2c1CNCC2. The summed E-state index contributed by atoms with van der Waals surface area (Å²) in [4.78, 5) is 9.55. The fraction of sp³-hybridized carbons (Fsp3) is 0.692. The highest BCUT2D eigenvalue weighted by Crippen LogP contribution is 2.45. The van der Waals surface area contributed by atoms with Gasteiger partial charge in [-0.15, -0.1) is 0 Å². The fourth-order valence-corrected chi connectivity index (χ4v) is 2.57. The van der Waals surface area contributed by atoms with Gasteiger partial charge in [0.15, 0.2) is 0 Å². The molecule has 1 aromatic rings. The standard InChI is InChI=1S/C13H19N3/c1-3-11-10-7-14-5-4-12(10)16-13(15-11)9-6-8(9)2/h8-9,14H,3-7H2,1-2H3. The van der Waals surface area contributed by atoms with Crippen LogP contribution in [0, 0.1) is 5.92 Å². The molecule has 2 atom stereocenters. The zero-order valence-corrected chi connectivity index (χ0v) is 10.1. The molecule has 1 aliphatic heterocycles. The molecule has 1 N–H and O–H groups in total. The molecule has 1 fully saturated rings. The van der Waals surface area contributed by atoms with Crippen LogP contribution in [-0.2, 0) is 19.4 Å². The van der Waals surface area contributed by atoms with Crippen LogP contribution >= 0.6 is 0 Å². The van der Waals surface area contributed by atoms with Crippen LogP contribution < -0.4 is 5.32 Å². The molecule has 0 spiro atoms. The van der Waals surface area contributed by atoms with Gasteiger partial charge in [0.1, 0.15) is 5.82 Å². The van der Waals surface area contributed by atoms with Crippen LogP contribution in [0.2, 0.25) is 0 Å². The van der Waals surface area contributed by atoms with Gasteiger partial charge in [-0.05, 0) is 18.8 Å². The number of aromatic nitrogens is 2. The molecule has 1 aliphatic carbocycles. The van der Waals surface area contributed by atoms with Crippen LogP contribution in [0.5, 0.6) is 0 Å². The van der Waals surface area contributed by atoms with Crippen LogP contribution in [0.4, 0.5) is 0 Å². The van der Waals surface area contributed by atoms with E-state index in [2.05, 4.69) is 19.2 Å². The van der Waals surface area contributed by atoms with Gasteiger partial charge in [-0.1, -0.05) is 13.8 Å². The van der Waals surface area contributed by atoms with Crippen LogP contribution in [0.1, 0.15) is 49.0 Å². The van der Waals surface area contributed by atoms with E-state index >= 15 is 0 Å². The Morgan fingerprint density at radius 3 is 2.88 bits per heavy atom. The van der Waals surface area contributed by atoms with Gasteiger partial charge in [0, 0.05) is 36.7 Å². The van der Waals surface area contributed by atoms with Gasteiger partial charge in [-0.25, -0.2) is 9.97 Å². The molecule has 2 heterocycles. The lowest BCUT2D eigenvalue weighted by molar-refractivity contribution is 0.608. The Hall–Kier alpha value is -0.960. The van der Waals surface area contributed by atoms with E-state index in [4.69, 9.17) is 9.97 Å². The zero-order valence-electron chi connectivity index (χ0n) is 10.1. The monoisotopic (exact) mass is 217 g/mol. The van der Waals surface area contributed by atoms with Gasteiger partial charge >= 0.3 is 0 Å². The quantitative estimate of drug-likeness (QED) is 0.821. The van der Waals surface area contributed by atoms with Crippen molar-refractivity contribution in [1.82, 2.24) is 15.3 Å². The van der Waals surface area contributed by atoms with Crippen molar-refractivity contribution in [3.63, 3.8) is 0 Å². The predicted molar refractivity (Wildman–Crippen MR) is 63.3 cm³/mol. The molecule has 0 aromatic carbocycles. The highest BCUT2D eigenvalue weighted by molar-refractivity contribution is 5.30. The summed E-state index contributed by atoms with van der Waals surface area (Å²) in [6.07, 6.45) is 3.37. The minimum absolute atomic E-state index is 0.644. The highest BCUT2D eigenvalue weighted by atomic mass is 15.0. The van der Waals surface area contributed by atoms with Crippen molar-refractivity contribution in [2.75, 3.05) is 6.54 Å². The number of nitrogens with zero attached hydrogens (tertiary/aromatic N) is 2. The van der Waals surface area contributed by atoms with E-state index < -0.39 is 0 Å². The van der Waals surface area contributed by atoms with Crippen LogP contribution in [0.15, 0.2) is 0 Å². The summed E-state index contributed by atoms with van der Waals surface area (Å²) in [7, 11) is 0. The lowest BCUT2D eigenvalue weighted by Gasteiger charge is -2.19. The average Bonchev–Trinajstić information content (AvgIpc) is 3.05. The second-order valence-corrected chi connectivity index (χ2v) is 5.05. The maximum absolute atomic E-state index is 4.78. The molecule has 86 valence electrons. The number of hydrogen-bond acceptors (Lipinski definition) is 3. The van der Waals surface area contributed by atoms with Gasteiger partial charge < -0.3 is 5.32 Å². The summed E-state index contributed by atoms with van der Waals surface area (Å²) < 4.78 is 0. The number of aryl methyl sites for hydroxylation is 1.